The van der Waals surface area contributed by atoms with E-state index in [-0.39, 0.29) is 5.91 Å². The second-order valence-corrected chi connectivity index (χ2v) is 4.49. The molecule has 100 valence electrons. The van der Waals surface area contributed by atoms with E-state index in [1.165, 1.54) is 7.11 Å². The van der Waals surface area contributed by atoms with Crippen molar-refractivity contribution in [2.75, 3.05) is 47.1 Å². The third-order valence-electron chi connectivity index (χ3n) is 2.69. The van der Waals surface area contributed by atoms with Crippen LogP contribution in [0.4, 0.5) is 5.69 Å². The van der Waals surface area contributed by atoms with Crippen LogP contribution in [-0.4, -0.2) is 57.0 Å². The molecule has 0 aliphatic carbocycles. The summed E-state index contributed by atoms with van der Waals surface area (Å²) in [6.07, 6.45) is 0. The summed E-state index contributed by atoms with van der Waals surface area (Å²) in [7, 11) is 7.26. The Bertz CT molecular complexity index is 419. The molecule has 0 saturated heterocycles. The summed E-state index contributed by atoms with van der Waals surface area (Å²) in [4.78, 5) is 15.9. The van der Waals surface area contributed by atoms with Crippen LogP contribution in [0.2, 0.25) is 0 Å². The summed E-state index contributed by atoms with van der Waals surface area (Å²) in [5, 5.41) is 0. The maximum Gasteiger partial charge on any atom is 0.257 e. The molecule has 0 aliphatic rings. The van der Waals surface area contributed by atoms with E-state index in [0.29, 0.717) is 23.5 Å². The van der Waals surface area contributed by atoms with Gasteiger partial charge in [0.1, 0.15) is 5.75 Å². The second-order valence-electron chi connectivity index (χ2n) is 4.49. The SMILES string of the molecule is COc1cc(N)ccc1C(=O)N(C)CCN(C)C. The quantitative estimate of drug-likeness (QED) is 0.790. The smallest absolute Gasteiger partial charge is 0.257 e. The van der Waals surface area contributed by atoms with Gasteiger partial charge in [-0.1, -0.05) is 0 Å². The lowest BCUT2D eigenvalue weighted by Crippen LogP contribution is -2.33. The third-order valence-corrected chi connectivity index (χ3v) is 2.69. The molecule has 2 N–H and O–H groups in total. The van der Waals surface area contributed by atoms with Crippen molar-refractivity contribution in [3.63, 3.8) is 0 Å². The number of amides is 1. The number of benzene rings is 1. The molecule has 0 fully saturated rings. The molecule has 1 amide bonds. The van der Waals surface area contributed by atoms with E-state index in [2.05, 4.69) is 0 Å². The zero-order chi connectivity index (χ0) is 13.7. The van der Waals surface area contributed by atoms with Gasteiger partial charge in [-0.05, 0) is 26.2 Å². The van der Waals surface area contributed by atoms with Gasteiger partial charge in [0.05, 0.1) is 12.7 Å². The summed E-state index contributed by atoms with van der Waals surface area (Å²) < 4.78 is 5.19. The van der Waals surface area contributed by atoms with E-state index in [9.17, 15) is 4.79 Å². The summed E-state index contributed by atoms with van der Waals surface area (Å²) in [6.45, 7) is 1.49. The first-order valence-corrected chi connectivity index (χ1v) is 5.79. The van der Waals surface area contributed by atoms with Gasteiger partial charge >= 0.3 is 0 Å². The van der Waals surface area contributed by atoms with E-state index in [1.54, 1.807) is 30.1 Å². The van der Waals surface area contributed by atoms with Gasteiger partial charge in [0, 0.05) is 31.9 Å². The Kier molecular flexibility index (Phi) is 4.97. The number of anilines is 1. The lowest BCUT2D eigenvalue weighted by atomic mass is 10.1. The fourth-order valence-electron chi connectivity index (χ4n) is 1.54. The lowest BCUT2D eigenvalue weighted by Gasteiger charge is -2.20. The summed E-state index contributed by atoms with van der Waals surface area (Å²) >= 11 is 0. The number of ether oxygens (including phenoxy) is 1. The van der Waals surface area contributed by atoms with Crippen LogP contribution in [0.5, 0.6) is 5.75 Å². The number of carbonyl (C=O) groups excluding carboxylic acids is 1. The van der Waals surface area contributed by atoms with Gasteiger partial charge in [0.25, 0.3) is 5.91 Å². The van der Waals surface area contributed by atoms with Crippen molar-refractivity contribution in [3.8, 4) is 5.75 Å². The van der Waals surface area contributed by atoms with E-state index in [0.717, 1.165) is 6.54 Å². The summed E-state index contributed by atoms with van der Waals surface area (Å²) in [6, 6.07) is 5.06. The number of nitrogen functional groups attached to an aromatic ring is 1. The fourth-order valence-corrected chi connectivity index (χ4v) is 1.54. The highest BCUT2D eigenvalue weighted by Gasteiger charge is 2.16. The van der Waals surface area contributed by atoms with Crippen molar-refractivity contribution in [1.82, 2.24) is 9.80 Å². The van der Waals surface area contributed by atoms with Crippen LogP contribution in [0.1, 0.15) is 10.4 Å². The van der Waals surface area contributed by atoms with Crippen LogP contribution >= 0.6 is 0 Å². The zero-order valence-corrected chi connectivity index (χ0v) is 11.4. The normalized spacial score (nSPS) is 10.5. The topological polar surface area (TPSA) is 58.8 Å². The van der Waals surface area contributed by atoms with Crippen molar-refractivity contribution in [3.05, 3.63) is 23.8 Å². The molecule has 0 aliphatic heterocycles. The number of nitrogens with two attached hydrogens (primary N) is 1. The summed E-state index contributed by atoms with van der Waals surface area (Å²) in [5.74, 6) is 0.449. The molecule has 18 heavy (non-hydrogen) atoms. The Morgan fingerprint density at radius 2 is 1.94 bits per heavy atom. The fraction of sp³-hybridized carbons (Fsp3) is 0.462. The number of hydrogen-bond donors (Lipinski definition) is 1. The van der Waals surface area contributed by atoms with Crippen LogP contribution in [0.3, 0.4) is 0 Å². The molecule has 5 nitrogen and oxygen atoms in total. The van der Waals surface area contributed by atoms with E-state index < -0.39 is 0 Å². The zero-order valence-electron chi connectivity index (χ0n) is 11.4. The predicted octanol–water partition coefficient (Wildman–Crippen LogP) is 0.911. The number of carbonyl (C=O) groups is 1. The molecule has 1 aromatic carbocycles. The first-order valence-electron chi connectivity index (χ1n) is 5.79. The van der Waals surface area contributed by atoms with Crippen molar-refractivity contribution >= 4 is 11.6 Å². The number of methoxy groups -OCH3 is 1. The molecule has 0 bridgehead atoms. The largest absolute Gasteiger partial charge is 0.496 e. The van der Waals surface area contributed by atoms with Crippen molar-refractivity contribution in [1.29, 1.82) is 0 Å². The Hall–Kier alpha value is -1.75. The monoisotopic (exact) mass is 251 g/mol. The Balaban J connectivity index is 2.83. The molecule has 0 saturated carbocycles. The molecule has 0 spiro atoms. The minimum atomic E-state index is -0.0614. The number of nitrogens with zero attached hydrogens (tertiary/aromatic N) is 2. The first kappa shape index (κ1) is 14.3. The van der Waals surface area contributed by atoms with Gasteiger partial charge < -0.3 is 20.3 Å². The molecule has 0 atom stereocenters. The van der Waals surface area contributed by atoms with Gasteiger partial charge in [0.2, 0.25) is 0 Å². The molecule has 0 aromatic heterocycles. The standard InChI is InChI=1S/C13H21N3O2/c1-15(2)7-8-16(3)13(17)11-6-5-10(14)9-12(11)18-4/h5-6,9H,7-8,14H2,1-4H3. The number of rotatable bonds is 5. The molecular weight excluding hydrogens is 230 g/mol. The highest BCUT2D eigenvalue weighted by molar-refractivity contribution is 5.97. The highest BCUT2D eigenvalue weighted by Crippen LogP contribution is 2.22. The van der Waals surface area contributed by atoms with Gasteiger partial charge in [0.15, 0.2) is 0 Å². The molecule has 1 rings (SSSR count). The average Bonchev–Trinajstić information content (AvgIpc) is 2.34. The van der Waals surface area contributed by atoms with Crippen molar-refractivity contribution < 1.29 is 9.53 Å². The van der Waals surface area contributed by atoms with E-state index in [4.69, 9.17) is 10.5 Å². The van der Waals surface area contributed by atoms with Crippen LogP contribution in [0.25, 0.3) is 0 Å². The van der Waals surface area contributed by atoms with Crippen molar-refractivity contribution in [2.24, 2.45) is 0 Å². The number of hydrogen-bond acceptors (Lipinski definition) is 4. The van der Waals surface area contributed by atoms with Gasteiger partial charge in [-0.2, -0.15) is 0 Å². The molecule has 0 radical (unpaired) electrons. The van der Waals surface area contributed by atoms with Crippen LogP contribution in [-0.2, 0) is 0 Å². The molecular formula is C13H21N3O2. The third kappa shape index (κ3) is 3.63. The van der Waals surface area contributed by atoms with Gasteiger partial charge in [-0.15, -0.1) is 0 Å². The van der Waals surface area contributed by atoms with E-state index in [1.807, 2.05) is 19.0 Å². The minimum absolute atomic E-state index is 0.0614. The number of likely N-dealkylation sites (N-methyl/N-ethyl adjacent to an activating group) is 2. The van der Waals surface area contributed by atoms with Crippen LogP contribution in [0, 0.1) is 0 Å². The Morgan fingerprint density at radius 3 is 2.50 bits per heavy atom. The summed E-state index contributed by atoms with van der Waals surface area (Å²) in [5.41, 5.74) is 6.78. The average molecular weight is 251 g/mol. The Labute approximate surface area is 108 Å². The molecule has 0 unspecified atom stereocenters. The molecule has 0 heterocycles. The first-order chi connectivity index (χ1) is 8.45. The maximum absolute atomic E-state index is 12.2. The molecule has 5 heteroatoms. The Morgan fingerprint density at radius 1 is 1.28 bits per heavy atom. The lowest BCUT2D eigenvalue weighted by molar-refractivity contribution is 0.0783. The maximum atomic E-state index is 12.2. The minimum Gasteiger partial charge on any atom is -0.496 e. The predicted molar refractivity (Wildman–Crippen MR) is 72.9 cm³/mol. The second kappa shape index (κ2) is 6.26. The molecule has 1 aromatic rings. The van der Waals surface area contributed by atoms with Crippen molar-refractivity contribution in [2.45, 2.75) is 0 Å². The van der Waals surface area contributed by atoms with Crippen LogP contribution in [0.15, 0.2) is 18.2 Å². The van der Waals surface area contributed by atoms with Gasteiger partial charge in [-0.3, -0.25) is 4.79 Å². The van der Waals surface area contributed by atoms with E-state index >= 15 is 0 Å². The van der Waals surface area contributed by atoms with Crippen LogP contribution < -0.4 is 10.5 Å². The highest BCUT2D eigenvalue weighted by atomic mass is 16.5. The van der Waals surface area contributed by atoms with Gasteiger partial charge in [-0.25, -0.2) is 0 Å².